The largest absolute Gasteiger partial charge is 0.374 e. The van der Waals surface area contributed by atoms with Crippen LogP contribution in [0.3, 0.4) is 0 Å². The number of hydrogen-bond acceptors (Lipinski definition) is 3. The second-order valence-corrected chi connectivity index (χ2v) is 5.74. The Kier molecular flexibility index (Phi) is 4.92. The molecule has 2 heterocycles. The molecule has 0 aliphatic carbocycles. The number of carbonyl (C=O) groups is 1. The van der Waals surface area contributed by atoms with Gasteiger partial charge in [-0.25, -0.2) is 9.78 Å². The number of hydrogen-bond donors (Lipinski definition) is 1. The fourth-order valence-corrected chi connectivity index (χ4v) is 2.74. The number of nitrogens with one attached hydrogen (secondary N) is 1. The van der Waals surface area contributed by atoms with Crippen molar-refractivity contribution in [3.8, 4) is 0 Å². The Labute approximate surface area is 136 Å². The number of nitrogens with zero attached hydrogens (tertiary/aromatic N) is 3. The third kappa shape index (κ3) is 4.10. The molecule has 1 aromatic heterocycles. The van der Waals surface area contributed by atoms with Crippen molar-refractivity contribution in [2.45, 2.75) is 19.1 Å². The van der Waals surface area contributed by atoms with Crippen LogP contribution in [0.4, 0.5) is 4.79 Å². The molecule has 6 heteroatoms. The highest BCUT2D eigenvalue weighted by atomic mass is 16.5. The molecule has 1 aliphatic heterocycles. The predicted octanol–water partition coefficient (Wildman–Crippen LogP) is 1.57. The summed E-state index contributed by atoms with van der Waals surface area (Å²) in [6.07, 6.45) is 4.47. The first kappa shape index (κ1) is 15.6. The van der Waals surface area contributed by atoms with E-state index in [4.69, 9.17) is 4.74 Å². The molecule has 1 saturated heterocycles. The fourth-order valence-electron chi connectivity index (χ4n) is 2.74. The lowest BCUT2D eigenvalue weighted by atomic mass is 10.1. The highest BCUT2D eigenvalue weighted by Gasteiger charge is 2.24. The predicted molar refractivity (Wildman–Crippen MR) is 86.9 cm³/mol. The number of imidazole rings is 1. The Morgan fingerprint density at radius 3 is 2.96 bits per heavy atom. The number of aryl methyl sites for hydroxylation is 1. The van der Waals surface area contributed by atoms with Crippen molar-refractivity contribution < 1.29 is 9.53 Å². The molecule has 0 radical (unpaired) electrons. The lowest BCUT2D eigenvalue weighted by Crippen LogP contribution is -2.50. The standard InChI is InChI=1S/C17H22N4O2/c1-20-8-7-18-16(20)12-19-17(22)21-9-10-23-15(13-21)11-14-5-3-2-4-6-14/h2-8,15H,9-13H2,1H3,(H,19,22)/t15-/m0/s1. The third-order valence-electron chi connectivity index (χ3n) is 4.05. The number of aromatic nitrogens is 2. The van der Waals surface area contributed by atoms with Gasteiger partial charge >= 0.3 is 6.03 Å². The molecule has 0 spiro atoms. The van der Waals surface area contributed by atoms with Gasteiger partial charge in [-0.15, -0.1) is 0 Å². The van der Waals surface area contributed by atoms with E-state index in [-0.39, 0.29) is 12.1 Å². The number of morpholine rings is 1. The topological polar surface area (TPSA) is 59.4 Å². The van der Waals surface area contributed by atoms with Gasteiger partial charge in [0.1, 0.15) is 5.82 Å². The van der Waals surface area contributed by atoms with Crippen molar-refractivity contribution in [1.29, 1.82) is 0 Å². The Morgan fingerprint density at radius 1 is 1.39 bits per heavy atom. The maximum Gasteiger partial charge on any atom is 0.317 e. The molecule has 3 rings (SSSR count). The SMILES string of the molecule is Cn1ccnc1CNC(=O)N1CCO[C@@H](Cc2ccccc2)C1. The lowest BCUT2D eigenvalue weighted by molar-refractivity contribution is -0.0133. The minimum atomic E-state index is -0.0608. The summed E-state index contributed by atoms with van der Waals surface area (Å²) in [4.78, 5) is 18.4. The van der Waals surface area contributed by atoms with E-state index in [0.717, 1.165) is 12.2 Å². The maximum atomic E-state index is 12.3. The van der Waals surface area contributed by atoms with Gasteiger partial charge < -0.3 is 19.5 Å². The first-order chi connectivity index (χ1) is 11.2. The minimum Gasteiger partial charge on any atom is -0.374 e. The molecule has 1 N–H and O–H groups in total. The van der Waals surface area contributed by atoms with Gasteiger partial charge in [0.25, 0.3) is 0 Å². The van der Waals surface area contributed by atoms with Crippen LogP contribution >= 0.6 is 0 Å². The summed E-state index contributed by atoms with van der Waals surface area (Å²) in [5.41, 5.74) is 1.23. The van der Waals surface area contributed by atoms with E-state index in [2.05, 4.69) is 22.4 Å². The van der Waals surface area contributed by atoms with Gasteiger partial charge in [-0.2, -0.15) is 0 Å². The summed E-state index contributed by atoms with van der Waals surface area (Å²) in [6.45, 7) is 2.25. The molecule has 1 fully saturated rings. The molecule has 2 aromatic rings. The molecule has 0 saturated carbocycles. The zero-order valence-corrected chi connectivity index (χ0v) is 13.3. The van der Waals surface area contributed by atoms with Crippen molar-refractivity contribution in [3.63, 3.8) is 0 Å². The molecule has 0 unspecified atom stereocenters. The minimum absolute atomic E-state index is 0.0464. The molecule has 2 amide bonds. The Morgan fingerprint density at radius 2 is 2.22 bits per heavy atom. The van der Waals surface area contributed by atoms with Gasteiger partial charge in [-0.05, 0) is 5.56 Å². The normalized spacial score (nSPS) is 18.0. The van der Waals surface area contributed by atoms with Gasteiger partial charge in [0.2, 0.25) is 0 Å². The number of benzene rings is 1. The zero-order valence-electron chi connectivity index (χ0n) is 13.3. The number of amides is 2. The van der Waals surface area contributed by atoms with E-state index in [0.29, 0.717) is 26.2 Å². The first-order valence-electron chi connectivity index (χ1n) is 7.87. The Bertz CT molecular complexity index is 641. The summed E-state index contributed by atoms with van der Waals surface area (Å²) in [5.74, 6) is 0.840. The van der Waals surface area contributed by atoms with Gasteiger partial charge in [0.05, 0.1) is 19.3 Å². The van der Waals surface area contributed by atoms with Crippen LogP contribution in [-0.2, 0) is 24.8 Å². The molecule has 6 nitrogen and oxygen atoms in total. The smallest absolute Gasteiger partial charge is 0.317 e. The van der Waals surface area contributed by atoms with Crippen molar-refractivity contribution in [2.24, 2.45) is 7.05 Å². The van der Waals surface area contributed by atoms with Gasteiger partial charge in [-0.1, -0.05) is 30.3 Å². The Hall–Kier alpha value is -2.34. The van der Waals surface area contributed by atoms with Gasteiger partial charge in [0, 0.05) is 39.0 Å². The number of urea groups is 1. The van der Waals surface area contributed by atoms with Crippen molar-refractivity contribution >= 4 is 6.03 Å². The highest BCUT2D eigenvalue weighted by molar-refractivity contribution is 5.74. The van der Waals surface area contributed by atoms with Crippen LogP contribution in [0, 0.1) is 0 Å². The summed E-state index contributed by atoms with van der Waals surface area (Å²) in [5, 5.41) is 2.93. The van der Waals surface area contributed by atoms with Crippen LogP contribution in [0.5, 0.6) is 0 Å². The monoisotopic (exact) mass is 314 g/mol. The second-order valence-electron chi connectivity index (χ2n) is 5.74. The molecule has 122 valence electrons. The van der Waals surface area contributed by atoms with E-state index in [9.17, 15) is 4.79 Å². The van der Waals surface area contributed by atoms with E-state index in [1.54, 1.807) is 6.20 Å². The summed E-state index contributed by atoms with van der Waals surface area (Å²) in [6, 6.07) is 10.2. The average molecular weight is 314 g/mol. The van der Waals surface area contributed by atoms with Crippen molar-refractivity contribution in [3.05, 3.63) is 54.1 Å². The molecule has 23 heavy (non-hydrogen) atoms. The maximum absolute atomic E-state index is 12.3. The Balaban J connectivity index is 1.51. The summed E-state index contributed by atoms with van der Waals surface area (Å²) in [7, 11) is 1.92. The quantitative estimate of drug-likeness (QED) is 0.932. The summed E-state index contributed by atoms with van der Waals surface area (Å²) >= 11 is 0. The van der Waals surface area contributed by atoms with E-state index >= 15 is 0 Å². The second kappa shape index (κ2) is 7.28. The molecule has 0 bridgehead atoms. The van der Waals surface area contributed by atoms with Crippen LogP contribution in [0.15, 0.2) is 42.7 Å². The van der Waals surface area contributed by atoms with Crippen molar-refractivity contribution in [1.82, 2.24) is 19.8 Å². The number of ether oxygens (including phenoxy) is 1. The van der Waals surface area contributed by atoms with Crippen LogP contribution in [-0.4, -0.2) is 46.3 Å². The zero-order chi connectivity index (χ0) is 16.1. The molecular formula is C17H22N4O2. The molecular weight excluding hydrogens is 292 g/mol. The number of carbonyl (C=O) groups excluding carboxylic acids is 1. The van der Waals surface area contributed by atoms with E-state index in [1.807, 2.05) is 40.9 Å². The molecule has 1 atom stereocenters. The molecule has 1 aromatic carbocycles. The van der Waals surface area contributed by atoms with Crippen LogP contribution in [0.25, 0.3) is 0 Å². The van der Waals surface area contributed by atoms with Crippen LogP contribution < -0.4 is 5.32 Å². The van der Waals surface area contributed by atoms with Crippen LogP contribution in [0.2, 0.25) is 0 Å². The first-order valence-corrected chi connectivity index (χ1v) is 7.87. The van der Waals surface area contributed by atoms with E-state index in [1.165, 1.54) is 5.56 Å². The van der Waals surface area contributed by atoms with Gasteiger partial charge in [-0.3, -0.25) is 0 Å². The third-order valence-corrected chi connectivity index (χ3v) is 4.05. The van der Waals surface area contributed by atoms with E-state index < -0.39 is 0 Å². The van der Waals surface area contributed by atoms with Crippen molar-refractivity contribution in [2.75, 3.05) is 19.7 Å². The van der Waals surface area contributed by atoms with Crippen LogP contribution in [0.1, 0.15) is 11.4 Å². The fraction of sp³-hybridized carbons (Fsp3) is 0.412. The average Bonchev–Trinajstić information content (AvgIpc) is 2.99. The highest BCUT2D eigenvalue weighted by Crippen LogP contribution is 2.12. The van der Waals surface area contributed by atoms with Gasteiger partial charge in [0.15, 0.2) is 0 Å². The molecule has 1 aliphatic rings. The lowest BCUT2D eigenvalue weighted by Gasteiger charge is -2.33. The summed E-state index contributed by atoms with van der Waals surface area (Å²) < 4.78 is 7.69. The number of rotatable bonds is 4.